The van der Waals surface area contributed by atoms with Crippen molar-refractivity contribution in [2.75, 3.05) is 7.11 Å². The van der Waals surface area contributed by atoms with Crippen LogP contribution in [0.2, 0.25) is 0 Å². The minimum atomic E-state index is -6.11. The van der Waals surface area contributed by atoms with E-state index in [0.717, 1.165) is 0 Å². The van der Waals surface area contributed by atoms with Gasteiger partial charge in [-0.25, -0.2) is 0 Å². The van der Waals surface area contributed by atoms with Crippen LogP contribution in [0.25, 0.3) is 0 Å². The van der Waals surface area contributed by atoms with Crippen LogP contribution in [0, 0.1) is 5.92 Å². The molecule has 0 unspecified atom stereocenters. The van der Waals surface area contributed by atoms with Crippen LogP contribution in [0.1, 0.15) is 0 Å². The Bertz CT molecular complexity index is 178. The molecule has 10 heteroatoms. The van der Waals surface area contributed by atoms with Crippen molar-refractivity contribution in [3.8, 4) is 0 Å². The van der Waals surface area contributed by atoms with Gasteiger partial charge in [-0.05, 0) is 0 Å². The van der Waals surface area contributed by atoms with Crippen LogP contribution < -0.4 is 0 Å². The molecule has 1 nitrogen and oxygen atoms in total. The lowest BCUT2D eigenvalue weighted by Gasteiger charge is -2.28. The summed E-state index contributed by atoms with van der Waals surface area (Å²) in [6, 6.07) is 0. The molecule has 0 saturated heterocycles. The summed E-state index contributed by atoms with van der Waals surface area (Å²) in [7, 11) is 0.0600. The summed E-state index contributed by atoms with van der Waals surface area (Å²) in [4.78, 5) is 0. The molecule has 0 aliphatic rings. The van der Waals surface area contributed by atoms with Gasteiger partial charge in [0.25, 0.3) is 0 Å². The van der Waals surface area contributed by atoms with Gasteiger partial charge in [0.05, 0.1) is 0 Å². The van der Waals surface area contributed by atoms with Gasteiger partial charge in [-0.3, -0.25) is 4.70 Å². The lowest BCUT2D eigenvalue weighted by atomic mass is 10.1. The number of alkyl halides is 8. The predicted octanol–water partition coefficient (Wildman–Crippen LogP) is 3.12. The molecule has 0 aromatic rings. The fourth-order valence-electron chi connectivity index (χ4n) is 0.684. The first-order chi connectivity index (χ1) is 5.93. The van der Waals surface area contributed by atoms with Crippen molar-refractivity contribution in [1.82, 2.24) is 0 Å². The van der Waals surface area contributed by atoms with E-state index in [4.69, 9.17) is 0 Å². The summed E-state index contributed by atoms with van der Waals surface area (Å²) in [5, 5.41) is 0. The smallest absolute Gasteiger partial charge is 0.323 e. The van der Waals surface area contributed by atoms with Crippen LogP contribution in [0.3, 0.4) is 0 Å². The van der Waals surface area contributed by atoms with Crippen LogP contribution in [-0.4, -0.2) is 25.6 Å². The molecule has 15 heavy (non-hydrogen) atoms. The van der Waals surface area contributed by atoms with Gasteiger partial charge in [-0.15, -0.1) is 0 Å². The van der Waals surface area contributed by atoms with E-state index in [9.17, 15) is 35.1 Å². The molecule has 0 rings (SSSR count). The van der Waals surface area contributed by atoms with Crippen molar-refractivity contribution in [3.05, 3.63) is 0 Å². The predicted molar refractivity (Wildman–Crippen MR) is 30.1 cm³/mol. The quantitative estimate of drug-likeness (QED) is 0.686. The van der Waals surface area contributed by atoms with Gasteiger partial charge in [0.15, 0.2) is 0 Å². The topological polar surface area (TPSA) is 9.23 Å². The molecule has 0 radical (unpaired) electrons. The molecule has 0 saturated carbocycles. The van der Waals surface area contributed by atoms with Crippen molar-refractivity contribution < 1.29 is 44.6 Å². The Morgan fingerprint density at radius 2 is 1.07 bits per heavy atom. The zero-order valence-electron chi connectivity index (χ0n) is 6.92. The van der Waals surface area contributed by atoms with Crippen molar-refractivity contribution in [2.24, 2.45) is 5.92 Å². The summed E-state index contributed by atoms with van der Waals surface area (Å²) in [6.45, 7) is 0. The lowest BCUT2D eigenvalue weighted by Crippen LogP contribution is -2.49. The second-order valence-electron chi connectivity index (χ2n) is 2.28. The first-order valence-electron chi connectivity index (χ1n) is 2.99. The normalized spacial score (nSPS) is 14.0. The summed E-state index contributed by atoms with van der Waals surface area (Å²) in [6.07, 6.45) is -17.5. The molecule has 0 heterocycles. The summed E-state index contributed by atoms with van der Waals surface area (Å²) in [5.74, 6) is -4.81. The number of methoxy groups -OCH3 is 1. The fourth-order valence-corrected chi connectivity index (χ4v) is 0.684. The SMILES string of the molecule is COC(F)(F)C(C(F)(F)F)C(F)(F)F.F. The van der Waals surface area contributed by atoms with E-state index in [-0.39, 0.29) is 11.8 Å². The average Bonchev–Trinajstić information content (AvgIpc) is 1.79. The van der Waals surface area contributed by atoms with Crippen LogP contribution in [-0.2, 0) is 4.74 Å². The zero-order valence-corrected chi connectivity index (χ0v) is 6.92. The highest BCUT2D eigenvalue weighted by molar-refractivity contribution is 4.82. The first-order valence-corrected chi connectivity index (χ1v) is 2.99. The highest BCUT2D eigenvalue weighted by Crippen LogP contribution is 2.48. The van der Waals surface area contributed by atoms with Crippen LogP contribution in [0.4, 0.5) is 39.8 Å². The van der Waals surface area contributed by atoms with E-state index in [2.05, 4.69) is 4.74 Å². The highest BCUT2D eigenvalue weighted by Gasteiger charge is 2.69. The largest absolute Gasteiger partial charge is 0.409 e. The van der Waals surface area contributed by atoms with E-state index < -0.39 is 24.4 Å². The third-order valence-electron chi connectivity index (χ3n) is 1.26. The third-order valence-corrected chi connectivity index (χ3v) is 1.26. The van der Waals surface area contributed by atoms with E-state index >= 15 is 0 Å². The van der Waals surface area contributed by atoms with Gasteiger partial charge in [0.2, 0.25) is 5.92 Å². The average molecular weight is 252 g/mol. The number of ether oxygens (including phenoxy) is 1. The summed E-state index contributed by atoms with van der Waals surface area (Å²) >= 11 is 0. The van der Waals surface area contributed by atoms with Crippen molar-refractivity contribution in [3.63, 3.8) is 0 Å². The number of rotatable bonds is 2. The molecule has 0 fully saturated rings. The van der Waals surface area contributed by atoms with Gasteiger partial charge in [0.1, 0.15) is 0 Å². The molecule has 0 amide bonds. The van der Waals surface area contributed by atoms with Gasteiger partial charge in [-0.2, -0.15) is 35.1 Å². The van der Waals surface area contributed by atoms with E-state index in [1.165, 1.54) is 0 Å². The molecule has 0 atom stereocenters. The number of halogens is 9. The van der Waals surface area contributed by atoms with Crippen LogP contribution in [0.5, 0.6) is 0 Å². The monoisotopic (exact) mass is 252 g/mol. The Labute approximate surface area is 77.4 Å². The Kier molecular flexibility index (Phi) is 4.97. The maximum Gasteiger partial charge on any atom is 0.409 e. The van der Waals surface area contributed by atoms with Crippen LogP contribution in [0.15, 0.2) is 0 Å². The van der Waals surface area contributed by atoms with Gasteiger partial charge in [0, 0.05) is 7.11 Å². The standard InChI is InChI=1S/C5H4F8O.FH/c1-14-5(12,13)2(3(6,7)8)4(9,10)11;/h2H,1H3;1H. The van der Waals surface area contributed by atoms with Crippen LogP contribution >= 0.6 is 0 Å². The molecular weight excluding hydrogens is 247 g/mol. The van der Waals surface area contributed by atoms with Crippen molar-refractivity contribution in [2.45, 2.75) is 18.5 Å². The van der Waals surface area contributed by atoms with Crippen molar-refractivity contribution >= 4 is 0 Å². The molecule has 0 aliphatic carbocycles. The molecular formula is C5H5F9O. The molecule has 0 aromatic carbocycles. The molecule has 0 aliphatic heterocycles. The van der Waals surface area contributed by atoms with Gasteiger partial charge < -0.3 is 4.74 Å². The van der Waals surface area contributed by atoms with Crippen molar-refractivity contribution in [1.29, 1.82) is 0 Å². The Morgan fingerprint density at radius 1 is 0.800 bits per heavy atom. The maximum atomic E-state index is 12.1. The van der Waals surface area contributed by atoms with E-state index in [1.54, 1.807) is 0 Å². The van der Waals surface area contributed by atoms with E-state index in [0.29, 0.717) is 0 Å². The second kappa shape index (κ2) is 4.45. The molecule has 0 bridgehead atoms. The summed E-state index contributed by atoms with van der Waals surface area (Å²) in [5.41, 5.74) is 0. The molecule has 0 N–H and O–H groups in total. The number of hydrogen-bond acceptors (Lipinski definition) is 1. The van der Waals surface area contributed by atoms with Gasteiger partial charge in [-0.1, -0.05) is 0 Å². The number of hydrogen-bond donors (Lipinski definition) is 0. The first kappa shape index (κ1) is 16.7. The second-order valence-corrected chi connectivity index (χ2v) is 2.28. The Morgan fingerprint density at radius 3 is 1.13 bits per heavy atom. The molecule has 0 spiro atoms. The lowest BCUT2D eigenvalue weighted by molar-refractivity contribution is -0.393. The van der Waals surface area contributed by atoms with E-state index in [1.807, 2.05) is 0 Å². The third kappa shape index (κ3) is 4.14. The Balaban J connectivity index is 0. The molecule has 0 aromatic heterocycles. The zero-order chi connectivity index (χ0) is 11.8. The minimum Gasteiger partial charge on any atom is -0.323 e. The molecule has 94 valence electrons. The highest BCUT2D eigenvalue weighted by atomic mass is 19.4. The summed E-state index contributed by atoms with van der Waals surface area (Å²) < 4.78 is 96.9. The minimum absolute atomic E-state index is 0. The van der Waals surface area contributed by atoms with Gasteiger partial charge >= 0.3 is 18.5 Å². The maximum absolute atomic E-state index is 12.1. The fraction of sp³-hybridized carbons (Fsp3) is 1.00. The Hall–Kier alpha value is -0.670.